The first-order valence-corrected chi connectivity index (χ1v) is 13.7. The molecule has 8 nitrogen and oxygen atoms in total. The van der Waals surface area contributed by atoms with Gasteiger partial charge in [0.05, 0.1) is 4.90 Å². The topological polar surface area (TPSA) is 97.2 Å². The highest BCUT2D eigenvalue weighted by Crippen LogP contribution is 2.25. The van der Waals surface area contributed by atoms with Crippen LogP contribution in [0.15, 0.2) is 47.4 Å². The summed E-state index contributed by atoms with van der Waals surface area (Å²) in [6, 6.07) is 12.3. The summed E-state index contributed by atoms with van der Waals surface area (Å²) in [5, 5.41) is 11.7. The van der Waals surface area contributed by atoms with Crippen LogP contribution in [0.5, 0.6) is 0 Å². The van der Waals surface area contributed by atoms with Crippen LogP contribution in [0, 0.1) is 6.92 Å². The molecule has 1 aliphatic rings. The number of fused-ring (bicyclic) bond motifs is 1. The molecule has 0 bridgehead atoms. The van der Waals surface area contributed by atoms with Crippen molar-refractivity contribution in [1.82, 2.24) is 19.1 Å². The van der Waals surface area contributed by atoms with E-state index < -0.39 is 10.0 Å². The third kappa shape index (κ3) is 5.31. The molecule has 1 N–H and O–H groups in total. The Kier molecular flexibility index (Phi) is 7.66. The molecule has 3 aromatic rings. The number of amides is 1. The number of carbonyl (C=O) groups is 1. The zero-order valence-corrected chi connectivity index (χ0v) is 21.4. The van der Waals surface area contributed by atoms with E-state index >= 15 is 0 Å². The summed E-state index contributed by atoms with van der Waals surface area (Å²) >= 11 is 0. The van der Waals surface area contributed by atoms with E-state index in [1.165, 1.54) is 23.2 Å². The summed E-state index contributed by atoms with van der Waals surface area (Å²) in [5.41, 5.74) is 2.48. The largest absolute Gasteiger partial charge is 0.322 e. The molecule has 9 heteroatoms. The van der Waals surface area contributed by atoms with Gasteiger partial charge in [-0.3, -0.25) is 4.79 Å². The first kappa shape index (κ1) is 25.1. The van der Waals surface area contributed by atoms with Crippen LogP contribution in [0.1, 0.15) is 61.3 Å². The molecule has 4 rings (SSSR count). The lowest BCUT2D eigenvalue weighted by molar-refractivity contribution is 0.102. The van der Waals surface area contributed by atoms with E-state index in [1.54, 1.807) is 32.9 Å². The van der Waals surface area contributed by atoms with Crippen molar-refractivity contribution < 1.29 is 13.2 Å². The van der Waals surface area contributed by atoms with Gasteiger partial charge in [0.1, 0.15) is 5.82 Å². The molecule has 1 aromatic heterocycles. The Morgan fingerprint density at radius 3 is 2.43 bits per heavy atom. The molecular weight excluding hydrogens is 462 g/mol. The maximum atomic E-state index is 13.0. The number of aromatic nitrogens is 3. The minimum absolute atomic E-state index is 0.160. The second kappa shape index (κ2) is 10.7. The van der Waals surface area contributed by atoms with Crippen LogP contribution >= 0.6 is 0 Å². The number of aryl methyl sites for hydroxylation is 2. The number of benzene rings is 2. The van der Waals surface area contributed by atoms with Crippen molar-refractivity contribution in [1.29, 1.82) is 0 Å². The Labute approximate surface area is 207 Å². The fraction of sp³-hybridized carbons (Fsp3) is 0.423. The quantitative estimate of drug-likeness (QED) is 0.514. The molecule has 186 valence electrons. The van der Waals surface area contributed by atoms with Crippen LogP contribution in [-0.4, -0.2) is 46.5 Å². The van der Waals surface area contributed by atoms with Crippen LogP contribution < -0.4 is 5.32 Å². The number of nitrogens with one attached hydrogen (secondary N) is 1. The van der Waals surface area contributed by atoms with Gasteiger partial charge < -0.3 is 9.88 Å². The number of nitrogens with zero attached hydrogens (tertiary/aromatic N) is 4. The molecule has 35 heavy (non-hydrogen) atoms. The second-order valence-electron chi connectivity index (χ2n) is 8.86. The van der Waals surface area contributed by atoms with Crippen LogP contribution in [-0.2, 0) is 23.0 Å². The van der Waals surface area contributed by atoms with Crippen LogP contribution in [0.25, 0.3) is 11.4 Å². The first-order chi connectivity index (χ1) is 16.8. The van der Waals surface area contributed by atoms with E-state index in [0.29, 0.717) is 29.9 Å². The predicted molar refractivity (Wildman–Crippen MR) is 137 cm³/mol. The zero-order chi connectivity index (χ0) is 25.0. The Morgan fingerprint density at radius 2 is 1.71 bits per heavy atom. The van der Waals surface area contributed by atoms with Gasteiger partial charge in [-0.1, -0.05) is 32.8 Å². The Balaban J connectivity index is 1.53. The molecule has 0 saturated heterocycles. The summed E-state index contributed by atoms with van der Waals surface area (Å²) in [7, 11) is -3.67. The Hall–Kier alpha value is -3.04. The fourth-order valence-corrected chi connectivity index (χ4v) is 6.21. The number of hydrogen-bond acceptors (Lipinski definition) is 5. The van der Waals surface area contributed by atoms with Gasteiger partial charge in [-0.15, -0.1) is 10.2 Å². The summed E-state index contributed by atoms with van der Waals surface area (Å²) in [5.74, 6) is 1.53. The van der Waals surface area contributed by atoms with Crippen molar-refractivity contribution in [3.8, 4) is 11.4 Å². The molecule has 1 amide bonds. The summed E-state index contributed by atoms with van der Waals surface area (Å²) in [6.45, 7) is 7.00. The molecule has 0 spiro atoms. The highest BCUT2D eigenvalue weighted by atomic mass is 32.2. The van der Waals surface area contributed by atoms with Crippen molar-refractivity contribution in [2.75, 3.05) is 18.4 Å². The minimum atomic E-state index is -3.67. The lowest BCUT2D eigenvalue weighted by atomic mass is 10.1. The third-order valence-electron chi connectivity index (χ3n) is 6.53. The lowest BCUT2D eigenvalue weighted by Crippen LogP contribution is -2.31. The van der Waals surface area contributed by atoms with E-state index in [-0.39, 0.29) is 10.8 Å². The summed E-state index contributed by atoms with van der Waals surface area (Å²) < 4.78 is 29.6. The van der Waals surface area contributed by atoms with Gasteiger partial charge in [0.25, 0.3) is 5.91 Å². The summed E-state index contributed by atoms with van der Waals surface area (Å²) in [6.07, 6.45) is 5.66. The molecule has 0 atom stereocenters. The van der Waals surface area contributed by atoms with Crippen molar-refractivity contribution in [2.24, 2.45) is 0 Å². The number of sulfonamides is 1. The van der Waals surface area contributed by atoms with Gasteiger partial charge in [-0.05, 0) is 61.7 Å². The molecule has 0 unspecified atom stereocenters. The van der Waals surface area contributed by atoms with Gasteiger partial charge in [0.15, 0.2) is 5.82 Å². The normalized spacial score (nSPS) is 14.3. The average molecular weight is 496 g/mol. The first-order valence-electron chi connectivity index (χ1n) is 12.3. The summed E-state index contributed by atoms with van der Waals surface area (Å²) in [4.78, 5) is 13.1. The van der Waals surface area contributed by atoms with E-state index in [1.807, 2.05) is 24.3 Å². The Bertz CT molecular complexity index is 1300. The average Bonchev–Trinajstić information content (AvgIpc) is 3.21. The van der Waals surface area contributed by atoms with Crippen molar-refractivity contribution in [2.45, 2.75) is 64.3 Å². The van der Waals surface area contributed by atoms with E-state index in [0.717, 1.165) is 43.0 Å². The van der Waals surface area contributed by atoms with Gasteiger partial charge in [-0.25, -0.2) is 8.42 Å². The van der Waals surface area contributed by atoms with Gasteiger partial charge >= 0.3 is 0 Å². The highest BCUT2D eigenvalue weighted by Gasteiger charge is 2.25. The van der Waals surface area contributed by atoms with E-state index in [4.69, 9.17) is 0 Å². The van der Waals surface area contributed by atoms with Crippen molar-refractivity contribution in [3.63, 3.8) is 0 Å². The lowest BCUT2D eigenvalue weighted by Gasteiger charge is -2.20. The fourth-order valence-electron chi connectivity index (χ4n) is 4.50. The molecule has 2 heterocycles. The van der Waals surface area contributed by atoms with Crippen LogP contribution in [0.2, 0.25) is 0 Å². The molecular formula is C26H33N5O3S. The van der Waals surface area contributed by atoms with E-state index in [2.05, 4.69) is 20.1 Å². The number of rotatable bonds is 7. The third-order valence-corrected chi connectivity index (χ3v) is 8.73. The van der Waals surface area contributed by atoms with Crippen molar-refractivity contribution >= 4 is 21.6 Å². The number of anilines is 1. The van der Waals surface area contributed by atoms with Crippen LogP contribution in [0.3, 0.4) is 0 Å². The predicted octanol–water partition coefficient (Wildman–Crippen LogP) is 4.65. The number of hydrogen-bond donors (Lipinski definition) is 1. The zero-order valence-electron chi connectivity index (χ0n) is 20.6. The van der Waals surface area contributed by atoms with E-state index in [9.17, 15) is 13.2 Å². The number of carbonyl (C=O) groups excluding carboxylic acids is 1. The molecule has 2 aromatic carbocycles. The SMILES string of the molecule is CCN(CC)S(=O)(=O)c1cc(C(=O)Nc2ccc(-c3nnc4n3CCCCCC4)cc2)ccc1C. The Morgan fingerprint density at radius 1 is 1.00 bits per heavy atom. The van der Waals surface area contributed by atoms with Gasteiger partial charge in [0.2, 0.25) is 10.0 Å². The second-order valence-corrected chi connectivity index (χ2v) is 10.8. The standard InChI is InChI=1S/C26H33N5O3S/c1-4-30(5-2)35(33,34)23-18-21(12-11-19(23)3)26(32)27-22-15-13-20(14-16-22)25-29-28-24-10-8-6-7-9-17-31(24)25/h11-16,18H,4-10,17H2,1-3H3,(H,27,32). The minimum Gasteiger partial charge on any atom is -0.322 e. The van der Waals surface area contributed by atoms with Crippen molar-refractivity contribution in [3.05, 3.63) is 59.4 Å². The molecule has 0 radical (unpaired) electrons. The molecule has 0 fully saturated rings. The van der Waals surface area contributed by atoms with Gasteiger partial charge in [-0.2, -0.15) is 4.31 Å². The molecule has 1 aliphatic heterocycles. The molecule has 0 saturated carbocycles. The van der Waals surface area contributed by atoms with Crippen LogP contribution in [0.4, 0.5) is 5.69 Å². The maximum absolute atomic E-state index is 13.0. The highest BCUT2D eigenvalue weighted by molar-refractivity contribution is 7.89. The molecule has 0 aliphatic carbocycles. The smallest absolute Gasteiger partial charge is 0.255 e. The maximum Gasteiger partial charge on any atom is 0.255 e. The van der Waals surface area contributed by atoms with Gasteiger partial charge in [0, 0.05) is 42.9 Å². The monoisotopic (exact) mass is 495 g/mol.